The number of hydrogen-bond acceptors (Lipinski definition) is 5. The summed E-state index contributed by atoms with van der Waals surface area (Å²) in [5.74, 6) is 1.06. The third kappa shape index (κ3) is 4.97. The van der Waals surface area contributed by atoms with Crippen molar-refractivity contribution in [3.8, 4) is 17.2 Å². The first-order valence-electron chi connectivity index (χ1n) is 8.77. The minimum absolute atomic E-state index is 0.0257. The fraction of sp³-hybridized carbons (Fsp3) is 0.190. The summed E-state index contributed by atoms with van der Waals surface area (Å²) in [6.45, 7) is 1.63. The van der Waals surface area contributed by atoms with Gasteiger partial charge in [0.15, 0.2) is 0 Å². The average Bonchev–Trinajstić information content (AvgIpc) is 3.07. The highest BCUT2D eigenvalue weighted by atomic mass is 16.5. The normalized spacial score (nSPS) is 10.4. The van der Waals surface area contributed by atoms with E-state index in [0.717, 1.165) is 5.56 Å². The summed E-state index contributed by atoms with van der Waals surface area (Å²) < 4.78 is 10.9. The molecule has 144 valence electrons. The molecule has 7 nitrogen and oxygen atoms in total. The number of hydrogen-bond donors (Lipinski definition) is 2. The van der Waals surface area contributed by atoms with Crippen LogP contribution in [-0.2, 0) is 16.0 Å². The molecule has 3 aromatic rings. The zero-order chi connectivity index (χ0) is 19.9. The number of aromatic nitrogens is 1. The second-order valence-corrected chi connectivity index (χ2v) is 6.12. The van der Waals surface area contributed by atoms with Crippen LogP contribution in [0.2, 0.25) is 0 Å². The van der Waals surface area contributed by atoms with Crippen molar-refractivity contribution in [2.24, 2.45) is 0 Å². The minimum atomic E-state index is -0.309. The number of amides is 2. The highest BCUT2D eigenvalue weighted by molar-refractivity contribution is 5.94. The van der Waals surface area contributed by atoms with Gasteiger partial charge in [-0.2, -0.15) is 0 Å². The van der Waals surface area contributed by atoms with Gasteiger partial charge in [-0.15, -0.1) is 0 Å². The molecule has 0 aliphatic carbocycles. The lowest BCUT2D eigenvalue weighted by molar-refractivity contribution is -0.123. The molecule has 0 saturated carbocycles. The second-order valence-electron chi connectivity index (χ2n) is 6.12. The highest BCUT2D eigenvalue weighted by Gasteiger charge is 2.15. The molecular formula is C21H21N3O4. The molecule has 28 heavy (non-hydrogen) atoms. The van der Waals surface area contributed by atoms with Gasteiger partial charge in [0.2, 0.25) is 17.7 Å². The van der Waals surface area contributed by atoms with Crippen LogP contribution in [0.3, 0.4) is 0 Å². The Labute approximate surface area is 162 Å². The van der Waals surface area contributed by atoms with E-state index in [1.807, 2.05) is 42.5 Å². The first-order chi connectivity index (χ1) is 13.5. The molecule has 7 heteroatoms. The number of nitrogens with zero attached hydrogens (tertiary/aromatic N) is 1. The van der Waals surface area contributed by atoms with E-state index in [1.54, 1.807) is 26.2 Å². The SMILES string of the molecule is COc1cccc(-c2nc(CC(=O)NCC(=O)Nc3ccccc3)c(C)o2)c1. The molecule has 0 fully saturated rings. The van der Waals surface area contributed by atoms with Crippen LogP contribution in [0.1, 0.15) is 11.5 Å². The molecule has 0 aliphatic rings. The van der Waals surface area contributed by atoms with E-state index >= 15 is 0 Å². The summed E-state index contributed by atoms with van der Waals surface area (Å²) in [5.41, 5.74) is 1.96. The maximum Gasteiger partial charge on any atom is 0.243 e. The third-order valence-electron chi connectivity index (χ3n) is 4.04. The zero-order valence-electron chi connectivity index (χ0n) is 15.7. The average molecular weight is 379 g/mol. The minimum Gasteiger partial charge on any atom is -0.497 e. The molecule has 0 saturated heterocycles. The van der Waals surface area contributed by atoms with Gasteiger partial charge in [0, 0.05) is 11.3 Å². The molecule has 0 aliphatic heterocycles. The number of ether oxygens (including phenoxy) is 1. The Kier molecular flexibility index (Phi) is 6.06. The number of carbonyl (C=O) groups excluding carboxylic acids is 2. The Morgan fingerprint density at radius 2 is 1.86 bits per heavy atom. The van der Waals surface area contributed by atoms with Gasteiger partial charge in [0.1, 0.15) is 11.5 Å². The molecule has 2 amide bonds. The van der Waals surface area contributed by atoms with E-state index < -0.39 is 0 Å². The molecule has 3 rings (SSSR count). The van der Waals surface area contributed by atoms with Crippen molar-refractivity contribution in [1.82, 2.24) is 10.3 Å². The zero-order valence-corrected chi connectivity index (χ0v) is 15.7. The summed E-state index contributed by atoms with van der Waals surface area (Å²) in [7, 11) is 1.59. The van der Waals surface area contributed by atoms with E-state index in [1.165, 1.54) is 0 Å². The van der Waals surface area contributed by atoms with Crippen molar-refractivity contribution in [1.29, 1.82) is 0 Å². The largest absolute Gasteiger partial charge is 0.497 e. The maximum absolute atomic E-state index is 12.2. The predicted octanol–water partition coefficient (Wildman–Crippen LogP) is 2.96. The Balaban J connectivity index is 1.57. The number of para-hydroxylation sites is 1. The molecule has 0 unspecified atom stereocenters. The van der Waals surface area contributed by atoms with Crippen molar-refractivity contribution in [3.63, 3.8) is 0 Å². The number of nitrogens with one attached hydrogen (secondary N) is 2. The van der Waals surface area contributed by atoms with Gasteiger partial charge >= 0.3 is 0 Å². The lowest BCUT2D eigenvalue weighted by atomic mass is 10.2. The molecule has 1 heterocycles. The van der Waals surface area contributed by atoms with Crippen LogP contribution < -0.4 is 15.4 Å². The van der Waals surface area contributed by atoms with E-state index in [-0.39, 0.29) is 24.8 Å². The molecule has 2 N–H and O–H groups in total. The molecule has 2 aromatic carbocycles. The van der Waals surface area contributed by atoms with E-state index in [4.69, 9.17) is 9.15 Å². The van der Waals surface area contributed by atoms with Crippen molar-refractivity contribution >= 4 is 17.5 Å². The van der Waals surface area contributed by atoms with E-state index in [9.17, 15) is 9.59 Å². The van der Waals surface area contributed by atoms with Gasteiger partial charge in [-0.3, -0.25) is 9.59 Å². The number of rotatable bonds is 7. The van der Waals surface area contributed by atoms with E-state index in [0.29, 0.717) is 28.8 Å². The fourth-order valence-corrected chi connectivity index (χ4v) is 2.59. The molecular weight excluding hydrogens is 358 g/mol. The summed E-state index contributed by atoms with van der Waals surface area (Å²) in [6.07, 6.45) is 0.0257. The van der Waals surface area contributed by atoms with Crippen LogP contribution >= 0.6 is 0 Å². The van der Waals surface area contributed by atoms with Crippen molar-refractivity contribution in [2.75, 3.05) is 19.0 Å². The molecule has 0 atom stereocenters. The van der Waals surface area contributed by atoms with Gasteiger partial charge in [0.25, 0.3) is 0 Å². The number of carbonyl (C=O) groups is 2. The summed E-state index contributed by atoms with van der Waals surface area (Å²) >= 11 is 0. The molecule has 0 radical (unpaired) electrons. The summed E-state index contributed by atoms with van der Waals surface area (Å²) in [4.78, 5) is 28.5. The molecule has 0 bridgehead atoms. The van der Waals surface area contributed by atoms with Crippen molar-refractivity contribution in [2.45, 2.75) is 13.3 Å². The molecule has 0 spiro atoms. The number of methoxy groups -OCH3 is 1. The van der Waals surface area contributed by atoms with Gasteiger partial charge in [0.05, 0.1) is 25.8 Å². The van der Waals surface area contributed by atoms with Gasteiger partial charge < -0.3 is 19.8 Å². The summed E-state index contributed by atoms with van der Waals surface area (Å²) in [6, 6.07) is 16.4. The standard InChI is InChI=1S/C21H21N3O4/c1-14-18(24-21(28-14)15-7-6-10-17(11-15)27-2)12-19(25)22-13-20(26)23-16-8-4-3-5-9-16/h3-11H,12-13H2,1-2H3,(H,22,25)(H,23,26). The quantitative estimate of drug-likeness (QED) is 0.658. The van der Waals surface area contributed by atoms with Crippen molar-refractivity contribution in [3.05, 3.63) is 66.1 Å². The van der Waals surface area contributed by atoms with Crippen molar-refractivity contribution < 1.29 is 18.7 Å². The number of anilines is 1. The molecule has 1 aromatic heterocycles. The Hall–Kier alpha value is -3.61. The van der Waals surface area contributed by atoms with Crippen LogP contribution in [0.4, 0.5) is 5.69 Å². The topological polar surface area (TPSA) is 93.5 Å². The maximum atomic E-state index is 12.2. The Bertz CT molecular complexity index is 967. The smallest absolute Gasteiger partial charge is 0.243 e. The van der Waals surface area contributed by atoms with Crippen LogP contribution in [-0.4, -0.2) is 30.5 Å². The van der Waals surface area contributed by atoms with Crippen LogP contribution in [0, 0.1) is 6.92 Å². The fourth-order valence-electron chi connectivity index (χ4n) is 2.59. The van der Waals surface area contributed by atoms with Crippen LogP contribution in [0.5, 0.6) is 5.75 Å². The third-order valence-corrected chi connectivity index (χ3v) is 4.04. The second kappa shape index (κ2) is 8.85. The van der Waals surface area contributed by atoms with E-state index in [2.05, 4.69) is 15.6 Å². The van der Waals surface area contributed by atoms with Gasteiger partial charge in [-0.1, -0.05) is 24.3 Å². The van der Waals surface area contributed by atoms with Crippen LogP contribution in [0.15, 0.2) is 59.0 Å². The monoisotopic (exact) mass is 379 g/mol. The van der Waals surface area contributed by atoms with Crippen LogP contribution in [0.25, 0.3) is 11.5 Å². The number of benzene rings is 2. The predicted molar refractivity (Wildman–Crippen MR) is 105 cm³/mol. The lowest BCUT2D eigenvalue weighted by Gasteiger charge is -2.06. The first kappa shape index (κ1) is 19.2. The lowest BCUT2D eigenvalue weighted by Crippen LogP contribution is -2.33. The summed E-state index contributed by atoms with van der Waals surface area (Å²) in [5, 5.41) is 5.30. The highest BCUT2D eigenvalue weighted by Crippen LogP contribution is 2.25. The van der Waals surface area contributed by atoms with Gasteiger partial charge in [-0.25, -0.2) is 4.98 Å². The Morgan fingerprint density at radius 1 is 1.07 bits per heavy atom. The number of aryl methyl sites for hydroxylation is 1. The Morgan fingerprint density at radius 3 is 2.61 bits per heavy atom. The van der Waals surface area contributed by atoms with Gasteiger partial charge in [-0.05, 0) is 37.3 Å². The first-order valence-corrected chi connectivity index (χ1v) is 8.77. The number of oxazole rings is 1.